The van der Waals surface area contributed by atoms with Gasteiger partial charge in [-0.25, -0.2) is 4.79 Å². The highest BCUT2D eigenvalue weighted by Crippen LogP contribution is 2.17. The smallest absolute Gasteiger partial charge is 0.284 e. The molecular formula is C7H8N4O2. The Labute approximate surface area is 74.1 Å². The van der Waals surface area contributed by atoms with Crippen LogP contribution in [0.5, 0.6) is 0 Å². The van der Waals surface area contributed by atoms with Crippen LogP contribution in [0.1, 0.15) is 0 Å². The third-order valence-corrected chi connectivity index (χ3v) is 1.98. The number of aromatic amines is 1. The van der Waals surface area contributed by atoms with Crippen molar-refractivity contribution in [1.82, 2.24) is 15.1 Å². The summed E-state index contributed by atoms with van der Waals surface area (Å²) in [5.41, 5.74) is 0.614. The minimum atomic E-state index is -0.314. The lowest BCUT2D eigenvalue weighted by atomic mass is 10.5. The standard InChI is InChI=1S/C7H8N4O2/c1-10-6(12)4-11(7(10)13)5-2-8-9-3-5/h2-3H,4H2,1H3,(H,8,9). The molecule has 1 saturated heterocycles. The molecule has 1 aliphatic heterocycles. The lowest BCUT2D eigenvalue weighted by molar-refractivity contribution is -0.123. The number of H-pyrrole nitrogens is 1. The first kappa shape index (κ1) is 7.78. The van der Waals surface area contributed by atoms with Gasteiger partial charge in [-0.2, -0.15) is 5.10 Å². The van der Waals surface area contributed by atoms with Gasteiger partial charge in [0.15, 0.2) is 0 Å². The molecule has 0 unspecified atom stereocenters. The number of hydrogen-bond acceptors (Lipinski definition) is 3. The summed E-state index contributed by atoms with van der Waals surface area (Å²) in [4.78, 5) is 25.0. The number of nitrogens with zero attached hydrogens (tertiary/aromatic N) is 3. The van der Waals surface area contributed by atoms with Gasteiger partial charge in [0.05, 0.1) is 11.9 Å². The van der Waals surface area contributed by atoms with Crippen LogP contribution in [0.3, 0.4) is 0 Å². The molecule has 13 heavy (non-hydrogen) atoms. The molecule has 2 heterocycles. The first-order chi connectivity index (χ1) is 6.20. The van der Waals surface area contributed by atoms with Gasteiger partial charge in [-0.15, -0.1) is 0 Å². The van der Waals surface area contributed by atoms with Gasteiger partial charge < -0.3 is 0 Å². The van der Waals surface area contributed by atoms with Crippen molar-refractivity contribution in [2.45, 2.75) is 0 Å². The van der Waals surface area contributed by atoms with E-state index in [1.54, 1.807) is 6.20 Å². The minimum Gasteiger partial charge on any atom is -0.284 e. The van der Waals surface area contributed by atoms with Gasteiger partial charge in [0.1, 0.15) is 6.54 Å². The minimum absolute atomic E-state index is 0.0921. The highest BCUT2D eigenvalue weighted by Gasteiger charge is 2.34. The second-order valence-electron chi connectivity index (χ2n) is 2.78. The summed E-state index contributed by atoms with van der Waals surface area (Å²) >= 11 is 0. The van der Waals surface area contributed by atoms with Gasteiger partial charge in [0.2, 0.25) is 5.91 Å². The van der Waals surface area contributed by atoms with Crippen molar-refractivity contribution in [3.63, 3.8) is 0 Å². The van der Waals surface area contributed by atoms with Gasteiger partial charge in [-0.1, -0.05) is 0 Å². The highest BCUT2D eigenvalue weighted by molar-refractivity contribution is 6.11. The van der Waals surface area contributed by atoms with Crippen molar-refractivity contribution in [3.8, 4) is 0 Å². The number of carbonyl (C=O) groups excluding carboxylic acids is 2. The fourth-order valence-corrected chi connectivity index (χ4v) is 1.19. The monoisotopic (exact) mass is 180 g/mol. The largest absolute Gasteiger partial charge is 0.331 e. The summed E-state index contributed by atoms with van der Waals surface area (Å²) in [7, 11) is 1.46. The van der Waals surface area contributed by atoms with Crippen LogP contribution in [0.15, 0.2) is 12.4 Å². The summed E-state index contributed by atoms with van der Waals surface area (Å²) in [5.74, 6) is -0.203. The van der Waals surface area contributed by atoms with Crippen molar-refractivity contribution in [1.29, 1.82) is 0 Å². The Balaban J connectivity index is 2.29. The zero-order chi connectivity index (χ0) is 9.42. The Hall–Kier alpha value is -1.85. The zero-order valence-corrected chi connectivity index (χ0v) is 7.02. The van der Waals surface area contributed by atoms with Crippen LogP contribution in [-0.4, -0.2) is 40.6 Å². The number of likely N-dealkylation sites (N-methyl/N-ethyl adjacent to an activating group) is 1. The molecule has 2 rings (SSSR count). The van der Waals surface area contributed by atoms with Crippen LogP contribution < -0.4 is 4.90 Å². The molecule has 68 valence electrons. The number of carbonyl (C=O) groups is 2. The predicted molar refractivity (Wildman–Crippen MR) is 44.1 cm³/mol. The summed E-state index contributed by atoms with van der Waals surface area (Å²) < 4.78 is 0. The molecule has 3 amide bonds. The Morgan fingerprint density at radius 2 is 2.31 bits per heavy atom. The number of hydrogen-bond donors (Lipinski definition) is 1. The summed E-state index contributed by atoms with van der Waals surface area (Å²) in [6.07, 6.45) is 3.08. The van der Waals surface area contributed by atoms with E-state index < -0.39 is 0 Å². The first-order valence-corrected chi connectivity index (χ1v) is 3.77. The van der Waals surface area contributed by atoms with E-state index in [1.165, 1.54) is 18.1 Å². The number of imide groups is 1. The maximum Gasteiger partial charge on any atom is 0.331 e. The molecule has 1 N–H and O–H groups in total. The average Bonchev–Trinajstić information content (AvgIpc) is 2.70. The van der Waals surface area contributed by atoms with E-state index in [9.17, 15) is 9.59 Å². The predicted octanol–water partition coefficient (Wildman–Crippen LogP) is -0.192. The van der Waals surface area contributed by atoms with Crippen LogP contribution in [0, 0.1) is 0 Å². The van der Waals surface area contributed by atoms with Crippen LogP contribution in [0.2, 0.25) is 0 Å². The Morgan fingerprint density at radius 3 is 2.77 bits per heavy atom. The second kappa shape index (κ2) is 2.58. The van der Waals surface area contributed by atoms with E-state index in [4.69, 9.17) is 0 Å². The van der Waals surface area contributed by atoms with Crippen LogP contribution in [0.4, 0.5) is 10.5 Å². The number of aromatic nitrogens is 2. The van der Waals surface area contributed by atoms with Crippen LogP contribution in [0.25, 0.3) is 0 Å². The highest BCUT2D eigenvalue weighted by atomic mass is 16.2. The molecule has 1 aliphatic rings. The molecule has 1 fully saturated rings. The fraction of sp³-hybridized carbons (Fsp3) is 0.286. The van der Waals surface area contributed by atoms with Crippen molar-refractivity contribution < 1.29 is 9.59 Å². The molecular weight excluding hydrogens is 172 g/mol. The topological polar surface area (TPSA) is 69.3 Å². The van der Waals surface area contributed by atoms with Crippen molar-refractivity contribution in [2.75, 3.05) is 18.5 Å². The SMILES string of the molecule is CN1C(=O)CN(c2cn[nH]c2)C1=O. The van der Waals surface area contributed by atoms with Gasteiger partial charge in [-0.05, 0) is 0 Å². The molecule has 0 bridgehead atoms. The molecule has 0 aliphatic carbocycles. The van der Waals surface area contributed by atoms with E-state index in [1.807, 2.05) is 0 Å². The molecule has 6 heteroatoms. The van der Waals surface area contributed by atoms with Crippen LogP contribution in [-0.2, 0) is 4.79 Å². The van der Waals surface area contributed by atoms with E-state index in [2.05, 4.69) is 10.2 Å². The quantitative estimate of drug-likeness (QED) is 0.609. The maximum absolute atomic E-state index is 11.4. The van der Waals surface area contributed by atoms with E-state index in [0.717, 1.165) is 4.90 Å². The number of amides is 3. The molecule has 0 saturated carbocycles. The third kappa shape index (κ3) is 1.07. The lowest BCUT2D eigenvalue weighted by Crippen LogP contribution is -2.29. The lowest BCUT2D eigenvalue weighted by Gasteiger charge is -2.10. The number of urea groups is 1. The van der Waals surface area contributed by atoms with Gasteiger partial charge in [0.25, 0.3) is 0 Å². The molecule has 0 spiro atoms. The van der Waals surface area contributed by atoms with E-state index in [0.29, 0.717) is 5.69 Å². The van der Waals surface area contributed by atoms with Gasteiger partial charge in [0, 0.05) is 13.2 Å². The van der Waals surface area contributed by atoms with E-state index >= 15 is 0 Å². The van der Waals surface area contributed by atoms with Crippen molar-refractivity contribution >= 4 is 17.6 Å². The normalized spacial score (nSPS) is 17.3. The number of rotatable bonds is 1. The Bertz CT molecular complexity index is 345. The van der Waals surface area contributed by atoms with Gasteiger partial charge in [-0.3, -0.25) is 19.7 Å². The second-order valence-corrected chi connectivity index (χ2v) is 2.78. The van der Waals surface area contributed by atoms with Crippen LogP contribution >= 0.6 is 0 Å². The molecule has 1 aromatic heterocycles. The fourth-order valence-electron chi connectivity index (χ4n) is 1.19. The molecule has 0 aromatic carbocycles. The van der Waals surface area contributed by atoms with E-state index in [-0.39, 0.29) is 18.5 Å². The maximum atomic E-state index is 11.4. The van der Waals surface area contributed by atoms with Gasteiger partial charge >= 0.3 is 6.03 Å². The molecule has 6 nitrogen and oxygen atoms in total. The number of nitrogens with one attached hydrogen (secondary N) is 1. The van der Waals surface area contributed by atoms with Crippen molar-refractivity contribution in [2.24, 2.45) is 0 Å². The molecule has 0 radical (unpaired) electrons. The molecule has 0 atom stereocenters. The zero-order valence-electron chi connectivity index (χ0n) is 7.02. The first-order valence-electron chi connectivity index (χ1n) is 3.77. The Morgan fingerprint density at radius 1 is 1.54 bits per heavy atom. The van der Waals surface area contributed by atoms with Crippen molar-refractivity contribution in [3.05, 3.63) is 12.4 Å². The summed E-state index contributed by atoms with van der Waals surface area (Å²) in [6, 6.07) is -0.314. The third-order valence-electron chi connectivity index (χ3n) is 1.98. The number of anilines is 1. The summed E-state index contributed by atoms with van der Waals surface area (Å²) in [5, 5.41) is 6.29. The summed E-state index contributed by atoms with van der Waals surface area (Å²) in [6.45, 7) is 0.0921. The Kier molecular flexibility index (Phi) is 1.54. The molecule has 1 aromatic rings. The average molecular weight is 180 g/mol.